The Morgan fingerprint density at radius 1 is 1.16 bits per heavy atom. The molecule has 25 heavy (non-hydrogen) atoms. The molecule has 132 valence electrons. The lowest BCUT2D eigenvalue weighted by Crippen LogP contribution is -2.12. The third kappa shape index (κ3) is 3.58. The molecule has 0 amide bonds. The molecule has 0 spiro atoms. The molecule has 0 bridgehead atoms. The molecule has 2 aromatic rings. The molecule has 5 nitrogen and oxygen atoms in total. The van der Waals surface area contributed by atoms with Crippen LogP contribution in [0.5, 0.6) is 0 Å². The Morgan fingerprint density at radius 2 is 1.84 bits per heavy atom. The van der Waals surface area contributed by atoms with Crippen LogP contribution in [0.2, 0.25) is 0 Å². The van der Waals surface area contributed by atoms with Crippen LogP contribution in [-0.4, -0.2) is 24.3 Å². The van der Waals surface area contributed by atoms with Gasteiger partial charge >= 0.3 is 5.97 Å². The summed E-state index contributed by atoms with van der Waals surface area (Å²) in [5, 5.41) is 11.7. The second-order valence-electron chi connectivity index (χ2n) is 5.14. The van der Waals surface area contributed by atoms with E-state index in [-0.39, 0.29) is 24.5 Å². The van der Waals surface area contributed by atoms with E-state index in [1.54, 1.807) is 0 Å². The van der Waals surface area contributed by atoms with Crippen molar-refractivity contribution in [2.75, 3.05) is 18.5 Å². The third-order valence-electron chi connectivity index (χ3n) is 3.53. The fraction of sp³-hybridized carbons (Fsp3) is 0.188. The van der Waals surface area contributed by atoms with Crippen molar-refractivity contribution in [1.29, 1.82) is 0 Å². The molecule has 1 saturated heterocycles. The lowest BCUT2D eigenvalue weighted by atomic mass is 10.1. The Kier molecular flexibility index (Phi) is 5.16. The number of aromatic carboxylic acids is 1. The van der Waals surface area contributed by atoms with Crippen molar-refractivity contribution in [3.05, 3.63) is 56.4 Å². The van der Waals surface area contributed by atoms with Crippen molar-refractivity contribution in [2.24, 2.45) is 0 Å². The summed E-state index contributed by atoms with van der Waals surface area (Å²) in [6, 6.07) is 4.93. The molecule has 1 aliphatic rings. The summed E-state index contributed by atoms with van der Waals surface area (Å²) in [7, 11) is 0. The Morgan fingerprint density at radius 3 is 2.44 bits per heavy atom. The summed E-state index contributed by atoms with van der Waals surface area (Å²) in [6.07, 6.45) is -1.18. The quantitative estimate of drug-likeness (QED) is 0.664. The highest BCUT2D eigenvalue weighted by atomic mass is 127. The first-order chi connectivity index (χ1) is 11.9. The smallest absolute Gasteiger partial charge is 0.337 e. The molecular weight excluding hydrogens is 454 g/mol. The van der Waals surface area contributed by atoms with E-state index in [0.717, 1.165) is 6.07 Å². The van der Waals surface area contributed by atoms with Gasteiger partial charge in [0.2, 0.25) is 0 Å². The SMILES string of the molecule is O=C(O)c1cc(C2OCCO2)c(F)c(F)c1Nc1ccc(I)cc1F. The minimum absolute atomic E-state index is 0.178. The molecule has 1 aliphatic heterocycles. The van der Waals surface area contributed by atoms with Crippen molar-refractivity contribution >= 4 is 39.9 Å². The fourth-order valence-corrected chi connectivity index (χ4v) is 2.82. The molecule has 0 aromatic heterocycles. The molecule has 1 heterocycles. The number of carboxylic acids is 1. The third-order valence-corrected chi connectivity index (χ3v) is 4.20. The maximum atomic E-state index is 14.5. The molecule has 0 saturated carbocycles. The molecule has 1 fully saturated rings. The van der Waals surface area contributed by atoms with E-state index in [2.05, 4.69) is 5.32 Å². The second kappa shape index (κ2) is 7.18. The molecule has 0 aliphatic carbocycles. The fourth-order valence-electron chi connectivity index (χ4n) is 2.37. The molecule has 2 N–H and O–H groups in total. The van der Waals surface area contributed by atoms with Gasteiger partial charge in [0, 0.05) is 9.13 Å². The number of rotatable bonds is 4. The number of anilines is 2. The Hall–Kier alpha value is -1.85. The van der Waals surface area contributed by atoms with E-state index in [1.165, 1.54) is 18.2 Å². The van der Waals surface area contributed by atoms with Gasteiger partial charge in [-0.15, -0.1) is 0 Å². The maximum absolute atomic E-state index is 14.5. The van der Waals surface area contributed by atoms with Crippen LogP contribution in [0, 0.1) is 21.0 Å². The summed E-state index contributed by atoms with van der Waals surface area (Å²) < 4.78 is 53.6. The van der Waals surface area contributed by atoms with Crippen LogP contribution >= 0.6 is 22.6 Å². The van der Waals surface area contributed by atoms with Gasteiger partial charge in [0.15, 0.2) is 17.9 Å². The lowest BCUT2D eigenvalue weighted by Gasteiger charge is -2.17. The van der Waals surface area contributed by atoms with Gasteiger partial charge in [-0.2, -0.15) is 0 Å². The number of benzene rings is 2. The highest BCUT2D eigenvalue weighted by Gasteiger charge is 2.29. The standard InChI is InChI=1S/C16H11F3INO4/c17-10-5-7(20)1-2-11(10)21-14-9(15(22)23)6-8(12(18)13(14)19)16-24-3-4-25-16/h1-2,5-6,16,21H,3-4H2,(H,22,23). The number of hydrogen-bond acceptors (Lipinski definition) is 4. The predicted molar refractivity (Wildman–Crippen MR) is 90.4 cm³/mol. The van der Waals surface area contributed by atoms with Crippen LogP contribution in [0.15, 0.2) is 24.3 Å². The Balaban J connectivity index is 2.08. The number of carbonyl (C=O) groups is 1. The van der Waals surface area contributed by atoms with Gasteiger partial charge in [-0.3, -0.25) is 0 Å². The Labute approximate surface area is 153 Å². The summed E-state index contributed by atoms with van der Waals surface area (Å²) in [5.74, 6) is -5.00. The number of ether oxygens (including phenoxy) is 2. The monoisotopic (exact) mass is 465 g/mol. The number of halogens is 4. The summed E-state index contributed by atoms with van der Waals surface area (Å²) in [5.41, 5.74) is -1.78. The zero-order chi connectivity index (χ0) is 18.1. The van der Waals surface area contributed by atoms with E-state index < -0.39 is 41.0 Å². The minimum Gasteiger partial charge on any atom is -0.478 e. The zero-order valence-electron chi connectivity index (χ0n) is 12.5. The van der Waals surface area contributed by atoms with Gasteiger partial charge in [-0.25, -0.2) is 18.0 Å². The highest BCUT2D eigenvalue weighted by molar-refractivity contribution is 14.1. The van der Waals surface area contributed by atoms with E-state index >= 15 is 0 Å². The van der Waals surface area contributed by atoms with Crippen molar-refractivity contribution in [3.63, 3.8) is 0 Å². The van der Waals surface area contributed by atoms with Crippen molar-refractivity contribution in [2.45, 2.75) is 6.29 Å². The lowest BCUT2D eigenvalue weighted by molar-refractivity contribution is -0.0468. The van der Waals surface area contributed by atoms with Crippen LogP contribution in [-0.2, 0) is 9.47 Å². The molecule has 2 aromatic carbocycles. The maximum Gasteiger partial charge on any atom is 0.337 e. The molecule has 0 unspecified atom stereocenters. The number of hydrogen-bond donors (Lipinski definition) is 2. The van der Waals surface area contributed by atoms with Gasteiger partial charge in [0.05, 0.1) is 30.2 Å². The first-order valence-corrected chi connectivity index (χ1v) is 8.17. The minimum atomic E-state index is -1.51. The van der Waals surface area contributed by atoms with Crippen LogP contribution < -0.4 is 5.32 Å². The molecule has 0 atom stereocenters. The number of nitrogens with one attached hydrogen (secondary N) is 1. The van der Waals surface area contributed by atoms with Crippen molar-refractivity contribution in [1.82, 2.24) is 0 Å². The average Bonchev–Trinajstić information content (AvgIpc) is 3.08. The van der Waals surface area contributed by atoms with E-state index in [9.17, 15) is 23.1 Å². The van der Waals surface area contributed by atoms with E-state index in [4.69, 9.17) is 9.47 Å². The normalized spacial score (nSPS) is 14.7. The molecule has 0 radical (unpaired) electrons. The zero-order valence-corrected chi connectivity index (χ0v) is 14.6. The van der Waals surface area contributed by atoms with E-state index in [0.29, 0.717) is 3.57 Å². The first-order valence-electron chi connectivity index (χ1n) is 7.09. The highest BCUT2D eigenvalue weighted by Crippen LogP contribution is 2.34. The largest absolute Gasteiger partial charge is 0.478 e. The molecular formula is C16H11F3INO4. The van der Waals surface area contributed by atoms with Crippen LogP contribution in [0.25, 0.3) is 0 Å². The van der Waals surface area contributed by atoms with E-state index in [1.807, 2.05) is 22.6 Å². The Bertz CT molecular complexity index is 841. The van der Waals surface area contributed by atoms with Gasteiger partial charge in [0.25, 0.3) is 0 Å². The van der Waals surface area contributed by atoms with Crippen molar-refractivity contribution in [3.8, 4) is 0 Å². The average molecular weight is 465 g/mol. The predicted octanol–water partition coefficient (Wildman–Crippen LogP) is 4.20. The molecule has 3 rings (SSSR count). The molecule has 9 heteroatoms. The van der Waals surface area contributed by atoms with Crippen molar-refractivity contribution < 1.29 is 32.5 Å². The van der Waals surface area contributed by atoms with Gasteiger partial charge in [0.1, 0.15) is 5.82 Å². The van der Waals surface area contributed by atoms with Gasteiger partial charge < -0.3 is 19.9 Å². The van der Waals surface area contributed by atoms with Crippen LogP contribution in [0.3, 0.4) is 0 Å². The topological polar surface area (TPSA) is 67.8 Å². The van der Waals surface area contributed by atoms with Crippen LogP contribution in [0.1, 0.15) is 22.2 Å². The van der Waals surface area contributed by atoms with Gasteiger partial charge in [-0.05, 0) is 46.9 Å². The van der Waals surface area contributed by atoms with Crippen LogP contribution in [0.4, 0.5) is 24.5 Å². The first kappa shape index (κ1) is 18.0. The van der Waals surface area contributed by atoms with Gasteiger partial charge in [-0.1, -0.05) is 0 Å². The summed E-state index contributed by atoms with van der Waals surface area (Å²) >= 11 is 1.88. The summed E-state index contributed by atoms with van der Waals surface area (Å²) in [6.45, 7) is 0.365. The number of carboxylic acid groups (broad SMARTS) is 1. The summed E-state index contributed by atoms with van der Waals surface area (Å²) in [4.78, 5) is 11.5. The second-order valence-corrected chi connectivity index (χ2v) is 6.39.